The highest BCUT2D eigenvalue weighted by molar-refractivity contribution is 7.60. The lowest BCUT2D eigenvalue weighted by atomic mass is 9.70. The Kier molecular flexibility index (Phi) is 15.5. The number of hydrogen-bond donors (Lipinski definition) is 4. The fourth-order valence-electron chi connectivity index (χ4n) is 9.51. The molecule has 4 N–H and O–H groups in total. The normalized spacial score (nSPS) is 14.7. The van der Waals surface area contributed by atoms with Gasteiger partial charge in [-0.05, 0) is 110 Å². The fraction of sp³-hybridized carbons (Fsp3) is 0.516. The molecule has 72 heavy (non-hydrogen) atoms. The first-order valence-corrected chi connectivity index (χ1v) is 28.4. The van der Waals surface area contributed by atoms with Crippen molar-refractivity contribution in [3.8, 4) is 56.0 Å². The van der Waals surface area contributed by atoms with Crippen molar-refractivity contribution in [1.29, 1.82) is 0 Å². The van der Waals surface area contributed by atoms with E-state index in [1.54, 1.807) is 0 Å². The molecular formula is C62H88O8P2. The molecule has 0 heterocycles. The highest BCUT2D eigenvalue weighted by atomic mass is 31.3. The first-order chi connectivity index (χ1) is 32.1. The smallest absolute Gasteiger partial charge is 0.506 e. The highest BCUT2D eigenvalue weighted by Gasteiger charge is 2.42. The minimum atomic E-state index is -5.74. The lowest BCUT2D eigenvalue weighted by molar-refractivity contribution is 0.230. The van der Waals surface area contributed by atoms with E-state index >= 15 is 0 Å². The zero-order valence-corrected chi connectivity index (χ0v) is 50.0. The van der Waals surface area contributed by atoms with Crippen LogP contribution in [0, 0.1) is 0 Å². The van der Waals surface area contributed by atoms with E-state index in [1.807, 2.05) is 18.2 Å². The molecule has 0 aliphatic carbocycles. The SMILES string of the molecule is CC(C)(C)c1ccc(-c2c(O)c(-c3ccc(C(C)(C)C)cc3C(C)(C)C)c(-c3ccc(C(C)(C)C)cc3C(C)(C)C)c(-c3ccc(C(C)(C)C)cc3C(C)(C)C)c2OP(=O)(O)OP(=O)(O)O)c(C(C)(C)C)c1. The lowest BCUT2D eigenvalue weighted by Gasteiger charge is -2.35. The summed E-state index contributed by atoms with van der Waals surface area (Å²) in [6.07, 6.45) is 0. The number of benzene rings is 5. The van der Waals surface area contributed by atoms with Crippen LogP contribution in [-0.4, -0.2) is 19.8 Å². The van der Waals surface area contributed by atoms with Crippen molar-refractivity contribution in [1.82, 2.24) is 0 Å². The molecule has 8 nitrogen and oxygen atoms in total. The maximum atomic E-state index is 14.7. The summed E-state index contributed by atoms with van der Waals surface area (Å²) in [6, 6.07) is 25.2. The van der Waals surface area contributed by atoms with Crippen LogP contribution in [0.5, 0.6) is 11.5 Å². The van der Waals surface area contributed by atoms with Crippen molar-refractivity contribution in [3.05, 3.63) is 117 Å². The third-order valence-corrected chi connectivity index (χ3v) is 15.8. The fourth-order valence-corrected chi connectivity index (χ4v) is 11.1. The van der Waals surface area contributed by atoms with E-state index in [9.17, 15) is 28.9 Å². The zero-order valence-electron chi connectivity index (χ0n) is 48.2. The third-order valence-electron chi connectivity index (χ3n) is 13.7. The molecule has 1 atom stereocenters. The molecule has 1 unspecified atom stereocenters. The van der Waals surface area contributed by atoms with Gasteiger partial charge in [0.15, 0.2) is 5.75 Å². The van der Waals surface area contributed by atoms with Crippen LogP contribution in [0.3, 0.4) is 0 Å². The molecule has 0 saturated heterocycles. The first-order valence-electron chi connectivity index (χ1n) is 25.4. The Labute approximate surface area is 434 Å². The zero-order chi connectivity index (χ0) is 55.3. The molecule has 0 spiro atoms. The topological polar surface area (TPSA) is 134 Å². The molecule has 0 saturated carbocycles. The molecule has 5 rings (SSSR count). The molecule has 0 fully saturated rings. The molecule has 10 heteroatoms. The van der Waals surface area contributed by atoms with Gasteiger partial charge in [-0.3, -0.25) is 4.89 Å². The summed E-state index contributed by atoms with van der Waals surface area (Å²) in [5.74, 6) is -0.483. The summed E-state index contributed by atoms with van der Waals surface area (Å²) in [4.78, 5) is 32.3. The van der Waals surface area contributed by atoms with Crippen LogP contribution in [-0.2, 0) is 56.8 Å². The second-order valence-corrected chi connectivity index (χ2v) is 31.1. The monoisotopic (exact) mass is 1020 g/mol. The van der Waals surface area contributed by atoms with Crippen molar-refractivity contribution in [2.24, 2.45) is 0 Å². The Morgan fingerprint density at radius 3 is 0.847 bits per heavy atom. The van der Waals surface area contributed by atoms with Crippen LogP contribution in [0.4, 0.5) is 0 Å². The van der Waals surface area contributed by atoms with E-state index in [2.05, 4.69) is 221 Å². The summed E-state index contributed by atoms with van der Waals surface area (Å²) in [5.41, 5.74) is 8.84. The van der Waals surface area contributed by atoms with Gasteiger partial charge < -0.3 is 19.4 Å². The molecule has 5 aromatic rings. The van der Waals surface area contributed by atoms with Gasteiger partial charge in [-0.2, -0.15) is 4.31 Å². The Balaban J connectivity index is 2.41. The van der Waals surface area contributed by atoms with Crippen LogP contribution < -0.4 is 4.52 Å². The van der Waals surface area contributed by atoms with Gasteiger partial charge in [0.1, 0.15) is 5.75 Å². The summed E-state index contributed by atoms with van der Waals surface area (Å²) in [6.45, 7) is 51.5. The van der Waals surface area contributed by atoms with Crippen molar-refractivity contribution in [2.75, 3.05) is 0 Å². The number of phenolic OH excluding ortho intramolecular Hbond substituents is 1. The molecule has 0 aliphatic heterocycles. The van der Waals surface area contributed by atoms with Gasteiger partial charge in [0.25, 0.3) is 0 Å². The molecule has 0 bridgehead atoms. The number of hydrogen-bond acceptors (Lipinski definition) is 5. The van der Waals surface area contributed by atoms with Gasteiger partial charge in [0.05, 0.1) is 5.56 Å². The standard InChI is InChI=1S/C62H88O8P2/c1-55(2,3)37-25-29-41(45(33-37)59(13,14)15)49-50(42-30-26-38(56(4,5)6)34-46(42)60(16,17)18)53(63)52(44-32-28-40(58(10,11)12)36-48(44)62(22,23)24)54(69-72(67,68)70-71(64,65)66)51(49)43-31-27-39(57(7,8)9)35-47(43)61(19,20)21/h25-36,63H,1-24H3,(H,67,68)(H2,64,65,66). The average Bonchev–Trinajstić information content (AvgIpc) is 3.16. The molecular weight excluding hydrogens is 935 g/mol. The number of phosphoric acid groups is 2. The molecule has 5 aromatic carbocycles. The largest absolute Gasteiger partial charge is 0.536 e. The van der Waals surface area contributed by atoms with E-state index in [0.29, 0.717) is 27.8 Å². The summed E-state index contributed by atoms with van der Waals surface area (Å²) >= 11 is 0. The van der Waals surface area contributed by atoms with E-state index in [0.717, 1.165) is 55.6 Å². The highest BCUT2D eigenvalue weighted by Crippen LogP contribution is 2.65. The van der Waals surface area contributed by atoms with Crippen molar-refractivity contribution in [3.63, 3.8) is 0 Å². The van der Waals surface area contributed by atoms with Gasteiger partial charge in [-0.1, -0.05) is 239 Å². The second kappa shape index (κ2) is 19.0. The Morgan fingerprint density at radius 2 is 0.597 bits per heavy atom. The molecule has 394 valence electrons. The molecule has 0 amide bonds. The van der Waals surface area contributed by atoms with Gasteiger partial charge in [0, 0.05) is 16.7 Å². The van der Waals surface area contributed by atoms with Crippen molar-refractivity contribution in [2.45, 2.75) is 209 Å². The lowest BCUT2D eigenvalue weighted by Crippen LogP contribution is -2.20. The van der Waals surface area contributed by atoms with Crippen LogP contribution >= 0.6 is 15.6 Å². The Morgan fingerprint density at radius 1 is 0.347 bits per heavy atom. The maximum Gasteiger partial charge on any atom is 0.536 e. The predicted molar refractivity (Wildman–Crippen MR) is 303 cm³/mol. The molecule has 0 aliphatic rings. The quantitative estimate of drug-likeness (QED) is 0.113. The van der Waals surface area contributed by atoms with Gasteiger partial charge in [-0.15, -0.1) is 0 Å². The predicted octanol–water partition coefficient (Wildman–Crippen LogP) is 18.0. The number of aromatic hydroxyl groups is 1. The minimum Gasteiger partial charge on any atom is -0.506 e. The van der Waals surface area contributed by atoms with Crippen LogP contribution in [0.15, 0.2) is 72.8 Å². The Bertz CT molecular complexity index is 2970. The van der Waals surface area contributed by atoms with E-state index in [-0.39, 0.29) is 38.7 Å². The minimum absolute atomic E-state index is 0.0841. The second-order valence-electron chi connectivity index (χ2n) is 28.4. The average molecular weight is 1020 g/mol. The van der Waals surface area contributed by atoms with Crippen LogP contribution in [0.2, 0.25) is 0 Å². The van der Waals surface area contributed by atoms with Gasteiger partial charge in [-0.25, -0.2) is 9.13 Å². The summed E-state index contributed by atoms with van der Waals surface area (Å²) in [5, 5.41) is 14.1. The van der Waals surface area contributed by atoms with E-state index in [1.165, 1.54) is 0 Å². The first kappa shape index (κ1) is 58.9. The number of rotatable bonds is 8. The van der Waals surface area contributed by atoms with Crippen molar-refractivity contribution < 1.29 is 37.8 Å². The van der Waals surface area contributed by atoms with Crippen LogP contribution in [0.1, 0.15) is 211 Å². The maximum absolute atomic E-state index is 14.7. The van der Waals surface area contributed by atoms with E-state index < -0.39 is 37.3 Å². The van der Waals surface area contributed by atoms with E-state index in [4.69, 9.17) is 8.83 Å². The molecule has 0 aromatic heterocycles. The van der Waals surface area contributed by atoms with Crippen LogP contribution in [0.25, 0.3) is 44.5 Å². The summed E-state index contributed by atoms with van der Waals surface area (Å²) < 4.78 is 38.5. The van der Waals surface area contributed by atoms with Gasteiger partial charge >= 0.3 is 15.6 Å². The van der Waals surface area contributed by atoms with Gasteiger partial charge in [0.2, 0.25) is 0 Å². The Hall–Kier alpha value is -4.00. The third kappa shape index (κ3) is 12.9. The van der Waals surface area contributed by atoms with Crippen molar-refractivity contribution >= 4 is 15.6 Å². The summed E-state index contributed by atoms with van der Waals surface area (Å²) in [7, 11) is -11.4. The number of phenols is 1. The number of phosphoric ester groups is 1. The molecule has 0 radical (unpaired) electrons.